The molecule has 1 atom stereocenters. The Morgan fingerprint density at radius 1 is 1.11 bits per heavy atom. The first-order chi connectivity index (χ1) is 9.10. The molecule has 0 fully saturated rings. The van der Waals surface area contributed by atoms with E-state index in [2.05, 4.69) is 50.1 Å². The van der Waals surface area contributed by atoms with Crippen LogP contribution < -0.4 is 5.32 Å². The average Bonchev–Trinajstić information content (AvgIpc) is 2.40. The number of nitrogens with zero attached hydrogens (tertiary/aromatic N) is 1. The van der Waals surface area contributed by atoms with Gasteiger partial charge in [0.2, 0.25) is 0 Å². The molecule has 108 valence electrons. The van der Waals surface area contributed by atoms with Crippen molar-refractivity contribution < 1.29 is 0 Å². The van der Waals surface area contributed by atoms with Gasteiger partial charge in [-0.15, -0.1) is 0 Å². The Hall–Kier alpha value is -0.890. The van der Waals surface area contributed by atoms with Crippen molar-refractivity contribution in [1.82, 2.24) is 10.3 Å². The molecule has 0 aliphatic heterocycles. The van der Waals surface area contributed by atoms with E-state index in [1.54, 1.807) is 0 Å². The van der Waals surface area contributed by atoms with Crippen molar-refractivity contribution >= 4 is 0 Å². The molecule has 0 amide bonds. The summed E-state index contributed by atoms with van der Waals surface area (Å²) in [5, 5.41) is 3.81. The highest BCUT2D eigenvalue weighted by Gasteiger charge is 2.24. The summed E-state index contributed by atoms with van der Waals surface area (Å²) in [5.74, 6) is 0. The summed E-state index contributed by atoms with van der Waals surface area (Å²) < 4.78 is 0. The second-order valence-electron chi connectivity index (χ2n) is 5.97. The van der Waals surface area contributed by atoms with E-state index in [-0.39, 0.29) is 5.54 Å². The molecule has 0 aliphatic carbocycles. The zero-order valence-electron chi connectivity index (χ0n) is 13.1. The van der Waals surface area contributed by atoms with Crippen molar-refractivity contribution in [3.63, 3.8) is 0 Å². The van der Waals surface area contributed by atoms with Crippen molar-refractivity contribution in [1.29, 1.82) is 0 Å². The van der Waals surface area contributed by atoms with Crippen LogP contribution in [-0.4, -0.2) is 11.0 Å². The lowest BCUT2D eigenvalue weighted by atomic mass is 9.95. The van der Waals surface area contributed by atoms with Crippen LogP contribution >= 0.6 is 0 Å². The molecule has 1 aromatic rings. The second kappa shape index (κ2) is 8.31. The number of unbranched alkanes of at least 4 members (excludes halogenated alkanes) is 2. The maximum Gasteiger partial charge on any atom is 0.0599 e. The van der Waals surface area contributed by atoms with Gasteiger partial charge in [-0.3, -0.25) is 4.98 Å². The van der Waals surface area contributed by atoms with Gasteiger partial charge in [0.05, 0.1) is 11.2 Å². The molecule has 2 nitrogen and oxygen atoms in total. The van der Waals surface area contributed by atoms with E-state index < -0.39 is 0 Å². The van der Waals surface area contributed by atoms with Gasteiger partial charge in [0.1, 0.15) is 0 Å². The van der Waals surface area contributed by atoms with Crippen molar-refractivity contribution in [2.45, 2.75) is 77.8 Å². The first-order valence-corrected chi connectivity index (χ1v) is 7.79. The van der Waals surface area contributed by atoms with Crippen molar-refractivity contribution in [3.05, 3.63) is 30.1 Å². The fourth-order valence-electron chi connectivity index (χ4n) is 2.59. The van der Waals surface area contributed by atoms with Crippen molar-refractivity contribution in [2.75, 3.05) is 0 Å². The van der Waals surface area contributed by atoms with Crippen LogP contribution in [0.1, 0.15) is 71.9 Å². The third kappa shape index (κ3) is 5.73. The van der Waals surface area contributed by atoms with Gasteiger partial charge in [-0.2, -0.15) is 0 Å². The monoisotopic (exact) mass is 262 g/mol. The predicted molar refractivity (Wildman–Crippen MR) is 83.2 cm³/mol. The highest BCUT2D eigenvalue weighted by Crippen LogP contribution is 2.21. The van der Waals surface area contributed by atoms with E-state index in [0.29, 0.717) is 6.04 Å². The zero-order chi connectivity index (χ0) is 14.1. The summed E-state index contributed by atoms with van der Waals surface area (Å²) >= 11 is 0. The van der Waals surface area contributed by atoms with Gasteiger partial charge < -0.3 is 5.32 Å². The van der Waals surface area contributed by atoms with Crippen LogP contribution in [0.2, 0.25) is 0 Å². The summed E-state index contributed by atoms with van der Waals surface area (Å²) in [5.41, 5.74) is 1.08. The molecule has 0 radical (unpaired) electrons. The Kier molecular flexibility index (Phi) is 7.07. The minimum atomic E-state index is -0.0483. The number of rotatable bonds is 9. The van der Waals surface area contributed by atoms with Crippen LogP contribution in [0.3, 0.4) is 0 Å². The summed E-state index contributed by atoms with van der Waals surface area (Å²) in [6.07, 6.45) is 9.60. The van der Waals surface area contributed by atoms with Gasteiger partial charge in [0.25, 0.3) is 0 Å². The van der Waals surface area contributed by atoms with Gasteiger partial charge in [-0.1, -0.05) is 45.6 Å². The van der Waals surface area contributed by atoms with Crippen molar-refractivity contribution in [2.24, 2.45) is 0 Å². The van der Waals surface area contributed by atoms with Crippen LogP contribution in [0.5, 0.6) is 0 Å². The summed E-state index contributed by atoms with van der Waals surface area (Å²) in [6, 6.07) is 6.76. The largest absolute Gasteiger partial charge is 0.304 e. The Balaban J connectivity index is 2.61. The molecule has 0 bridgehead atoms. The molecule has 0 spiro atoms. The number of aromatic nitrogens is 1. The standard InChI is InChI=1S/C17H30N2/c1-5-7-8-12-15(11-6-2)19-17(3,4)16-13-9-10-14-18-16/h9-10,13-15,19H,5-8,11-12H2,1-4H3. The molecule has 1 aromatic heterocycles. The molecular formula is C17H30N2. The quantitative estimate of drug-likeness (QED) is 0.655. The lowest BCUT2D eigenvalue weighted by Gasteiger charge is -2.31. The summed E-state index contributed by atoms with van der Waals surface area (Å²) in [7, 11) is 0. The van der Waals surface area contributed by atoms with Crippen LogP contribution in [0.25, 0.3) is 0 Å². The molecule has 1 heterocycles. The lowest BCUT2D eigenvalue weighted by molar-refractivity contribution is 0.303. The van der Waals surface area contributed by atoms with Gasteiger partial charge in [0.15, 0.2) is 0 Å². The van der Waals surface area contributed by atoms with E-state index in [9.17, 15) is 0 Å². The lowest BCUT2D eigenvalue weighted by Crippen LogP contribution is -2.44. The fraction of sp³-hybridized carbons (Fsp3) is 0.706. The van der Waals surface area contributed by atoms with E-state index in [0.717, 1.165) is 5.69 Å². The van der Waals surface area contributed by atoms with Crippen LogP contribution in [0.4, 0.5) is 0 Å². The van der Waals surface area contributed by atoms with Crippen molar-refractivity contribution in [3.8, 4) is 0 Å². The minimum absolute atomic E-state index is 0.0483. The number of nitrogens with one attached hydrogen (secondary N) is 1. The summed E-state index contributed by atoms with van der Waals surface area (Å²) in [6.45, 7) is 9.00. The smallest absolute Gasteiger partial charge is 0.0599 e. The van der Waals surface area contributed by atoms with Gasteiger partial charge >= 0.3 is 0 Å². The Bertz CT molecular complexity index is 332. The Morgan fingerprint density at radius 3 is 2.47 bits per heavy atom. The molecule has 1 rings (SSSR count). The van der Waals surface area contributed by atoms with Gasteiger partial charge in [-0.05, 0) is 38.8 Å². The third-order valence-corrected chi connectivity index (χ3v) is 3.66. The highest BCUT2D eigenvalue weighted by atomic mass is 15.0. The normalized spacial score (nSPS) is 13.5. The SMILES string of the molecule is CCCCCC(CCC)NC(C)(C)c1ccccn1. The molecule has 2 heteroatoms. The van der Waals surface area contributed by atoms with Gasteiger partial charge in [0, 0.05) is 12.2 Å². The number of pyridine rings is 1. The van der Waals surface area contributed by atoms with Crippen LogP contribution in [-0.2, 0) is 5.54 Å². The Morgan fingerprint density at radius 2 is 1.89 bits per heavy atom. The maximum absolute atomic E-state index is 4.50. The van der Waals surface area contributed by atoms with E-state index >= 15 is 0 Å². The molecule has 0 aromatic carbocycles. The molecule has 0 saturated heterocycles. The van der Waals surface area contributed by atoms with E-state index in [4.69, 9.17) is 0 Å². The topological polar surface area (TPSA) is 24.9 Å². The highest BCUT2D eigenvalue weighted by molar-refractivity contribution is 5.13. The molecule has 0 saturated carbocycles. The molecular weight excluding hydrogens is 232 g/mol. The van der Waals surface area contributed by atoms with E-state index in [1.165, 1.54) is 38.5 Å². The van der Waals surface area contributed by atoms with E-state index in [1.807, 2.05) is 12.3 Å². The average molecular weight is 262 g/mol. The zero-order valence-corrected chi connectivity index (χ0v) is 13.1. The third-order valence-electron chi connectivity index (χ3n) is 3.66. The first kappa shape index (κ1) is 16.2. The van der Waals surface area contributed by atoms with Gasteiger partial charge in [-0.25, -0.2) is 0 Å². The first-order valence-electron chi connectivity index (χ1n) is 7.79. The Labute approximate surface area is 119 Å². The summed E-state index contributed by atoms with van der Waals surface area (Å²) in [4.78, 5) is 4.50. The molecule has 0 aliphatic rings. The molecule has 19 heavy (non-hydrogen) atoms. The number of hydrogen-bond acceptors (Lipinski definition) is 2. The predicted octanol–water partition coefficient (Wildman–Crippen LogP) is 4.66. The number of hydrogen-bond donors (Lipinski definition) is 1. The van der Waals surface area contributed by atoms with Crippen LogP contribution in [0.15, 0.2) is 24.4 Å². The molecule has 1 unspecified atom stereocenters. The maximum atomic E-state index is 4.50. The molecule has 1 N–H and O–H groups in total. The van der Waals surface area contributed by atoms with Crippen LogP contribution in [0, 0.1) is 0 Å². The fourth-order valence-corrected chi connectivity index (χ4v) is 2.59. The second-order valence-corrected chi connectivity index (χ2v) is 5.97. The minimum Gasteiger partial charge on any atom is -0.304 e.